The summed E-state index contributed by atoms with van der Waals surface area (Å²) in [4.78, 5) is 12.7. The van der Waals surface area contributed by atoms with Crippen molar-refractivity contribution in [3.05, 3.63) is 84.4 Å². The number of benzene rings is 3. The molecule has 1 aromatic heterocycles. The van der Waals surface area contributed by atoms with Crippen molar-refractivity contribution >= 4 is 34.1 Å². The number of nitrogens with zero attached hydrogens (tertiary/aromatic N) is 2. The Balaban J connectivity index is 1.60. The van der Waals surface area contributed by atoms with E-state index in [0.29, 0.717) is 0 Å². The third-order valence-corrected chi connectivity index (χ3v) is 5.74. The maximum atomic E-state index is 12.7. The summed E-state index contributed by atoms with van der Waals surface area (Å²) in [7, 11) is 0. The van der Waals surface area contributed by atoms with Crippen LogP contribution in [0.2, 0.25) is 0 Å². The van der Waals surface area contributed by atoms with Gasteiger partial charge in [-0.3, -0.25) is 4.79 Å². The molecule has 0 saturated carbocycles. The fourth-order valence-corrected chi connectivity index (χ4v) is 4.06. The fourth-order valence-electron chi connectivity index (χ4n) is 3.16. The topological polar surface area (TPSA) is 54.9 Å². The lowest BCUT2D eigenvalue weighted by Gasteiger charge is -2.14. The Morgan fingerprint density at radius 2 is 1.62 bits per heavy atom. The summed E-state index contributed by atoms with van der Waals surface area (Å²) in [6, 6.07) is 25.9. The second-order valence-electron chi connectivity index (χ2n) is 6.88. The number of thioether (sulfide) groups is 1. The molecule has 144 valence electrons. The molecule has 4 nitrogen and oxygen atoms in total. The number of amides is 1. The fraction of sp³-hybridized carbons (Fsp3) is 0.125. The van der Waals surface area contributed by atoms with Crippen molar-refractivity contribution in [3.63, 3.8) is 0 Å². The zero-order valence-corrected chi connectivity index (χ0v) is 17.1. The summed E-state index contributed by atoms with van der Waals surface area (Å²) in [5, 5.41) is 14.4. The minimum absolute atomic E-state index is 0.0568. The van der Waals surface area contributed by atoms with E-state index >= 15 is 0 Å². The van der Waals surface area contributed by atoms with Crippen LogP contribution in [-0.2, 0) is 4.79 Å². The van der Waals surface area contributed by atoms with E-state index in [1.54, 1.807) is 0 Å². The molecule has 0 aliphatic rings. The number of hydrogen-bond donors (Lipinski definition) is 1. The number of anilines is 1. The van der Waals surface area contributed by atoms with Gasteiger partial charge in [0.2, 0.25) is 5.91 Å². The van der Waals surface area contributed by atoms with Gasteiger partial charge in [0.1, 0.15) is 10.7 Å². The van der Waals surface area contributed by atoms with Crippen molar-refractivity contribution in [1.82, 2.24) is 10.2 Å². The van der Waals surface area contributed by atoms with E-state index in [1.807, 2.05) is 92.7 Å². The summed E-state index contributed by atoms with van der Waals surface area (Å²) < 4.78 is 0. The molecule has 1 atom stereocenters. The van der Waals surface area contributed by atoms with Crippen LogP contribution in [0.25, 0.3) is 22.0 Å². The highest BCUT2D eigenvalue weighted by molar-refractivity contribution is 8.00. The van der Waals surface area contributed by atoms with Crippen LogP contribution < -0.4 is 5.32 Å². The molecule has 1 unspecified atom stereocenters. The standard InChI is InChI=1S/C24H21N3OS/c1-16-9-8-12-19(15-16)25-23(28)17(2)29-24-21-14-7-6-13-20(21)22(26-27-24)18-10-4-3-5-11-18/h3-15,17H,1-2H3,(H,25,28). The first kappa shape index (κ1) is 19.2. The smallest absolute Gasteiger partial charge is 0.237 e. The van der Waals surface area contributed by atoms with Crippen LogP contribution in [-0.4, -0.2) is 21.4 Å². The summed E-state index contributed by atoms with van der Waals surface area (Å²) in [6.07, 6.45) is 0. The number of hydrogen-bond acceptors (Lipinski definition) is 4. The van der Waals surface area contributed by atoms with Crippen LogP contribution in [0.4, 0.5) is 5.69 Å². The molecular formula is C24H21N3OS. The molecule has 0 radical (unpaired) electrons. The Labute approximate surface area is 174 Å². The van der Waals surface area contributed by atoms with Gasteiger partial charge in [0.15, 0.2) is 0 Å². The number of nitrogens with one attached hydrogen (secondary N) is 1. The Morgan fingerprint density at radius 1 is 0.897 bits per heavy atom. The molecule has 0 aliphatic carbocycles. The molecule has 4 rings (SSSR count). The first-order valence-corrected chi connectivity index (χ1v) is 10.3. The number of fused-ring (bicyclic) bond motifs is 1. The lowest BCUT2D eigenvalue weighted by Crippen LogP contribution is -2.22. The lowest BCUT2D eigenvalue weighted by molar-refractivity contribution is -0.115. The predicted molar refractivity (Wildman–Crippen MR) is 120 cm³/mol. The van der Waals surface area contributed by atoms with E-state index in [-0.39, 0.29) is 11.2 Å². The van der Waals surface area contributed by atoms with Crippen LogP contribution in [0.3, 0.4) is 0 Å². The SMILES string of the molecule is Cc1cccc(NC(=O)C(C)Sc2nnc(-c3ccccc3)c3ccccc23)c1. The number of carbonyl (C=O) groups is 1. The van der Waals surface area contributed by atoms with Crippen LogP contribution in [0.1, 0.15) is 12.5 Å². The van der Waals surface area contributed by atoms with E-state index in [0.717, 1.165) is 38.3 Å². The van der Waals surface area contributed by atoms with E-state index < -0.39 is 0 Å². The largest absolute Gasteiger partial charge is 0.325 e. The quantitative estimate of drug-likeness (QED) is 0.436. The van der Waals surface area contributed by atoms with Gasteiger partial charge in [-0.05, 0) is 31.5 Å². The van der Waals surface area contributed by atoms with Gasteiger partial charge in [-0.1, -0.05) is 78.5 Å². The van der Waals surface area contributed by atoms with E-state index in [4.69, 9.17) is 0 Å². The maximum Gasteiger partial charge on any atom is 0.237 e. The number of aryl methyl sites for hydroxylation is 1. The zero-order valence-electron chi connectivity index (χ0n) is 16.3. The zero-order chi connectivity index (χ0) is 20.2. The van der Waals surface area contributed by atoms with Gasteiger partial charge in [-0.25, -0.2) is 0 Å². The van der Waals surface area contributed by atoms with Crippen molar-refractivity contribution in [2.45, 2.75) is 24.1 Å². The minimum atomic E-state index is -0.309. The van der Waals surface area contributed by atoms with Gasteiger partial charge in [-0.15, -0.1) is 10.2 Å². The number of rotatable bonds is 5. The van der Waals surface area contributed by atoms with Gasteiger partial charge in [-0.2, -0.15) is 0 Å². The molecule has 0 fully saturated rings. The van der Waals surface area contributed by atoms with E-state index in [1.165, 1.54) is 11.8 Å². The molecule has 0 spiro atoms. The molecular weight excluding hydrogens is 378 g/mol. The Morgan fingerprint density at radius 3 is 2.38 bits per heavy atom. The molecule has 4 aromatic rings. The minimum Gasteiger partial charge on any atom is -0.325 e. The van der Waals surface area contributed by atoms with Gasteiger partial charge >= 0.3 is 0 Å². The molecule has 1 heterocycles. The van der Waals surface area contributed by atoms with Gasteiger partial charge in [0.05, 0.1) is 5.25 Å². The predicted octanol–water partition coefficient (Wildman–Crippen LogP) is 5.72. The maximum absolute atomic E-state index is 12.7. The third kappa shape index (κ3) is 4.30. The first-order chi connectivity index (χ1) is 14.1. The molecule has 0 aliphatic heterocycles. The van der Waals surface area contributed by atoms with Crippen molar-refractivity contribution in [2.24, 2.45) is 0 Å². The van der Waals surface area contributed by atoms with Crippen LogP contribution in [0.5, 0.6) is 0 Å². The second kappa shape index (κ2) is 8.45. The van der Waals surface area contributed by atoms with Gasteiger partial charge in [0, 0.05) is 22.0 Å². The van der Waals surface area contributed by atoms with Crippen molar-refractivity contribution < 1.29 is 4.79 Å². The highest BCUT2D eigenvalue weighted by Crippen LogP contribution is 2.33. The van der Waals surface area contributed by atoms with E-state index in [2.05, 4.69) is 15.5 Å². The number of carbonyl (C=O) groups excluding carboxylic acids is 1. The van der Waals surface area contributed by atoms with E-state index in [9.17, 15) is 4.79 Å². The average Bonchev–Trinajstić information content (AvgIpc) is 2.74. The van der Waals surface area contributed by atoms with Crippen LogP contribution in [0, 0.1) is 6.92 Å². The van der Waals surface area contributed by atoms with Crippen molar-refractivity contribution in [1.29, 1.82) is 0 Å². The monoisotopic (exact) mass is 399 g/mol. The highest BCUT2D eigenvalue weighted by atomic mass is 32.2. The summed E-state index contributed by atoms with van der Waals surface area (Å²) in [5.41, 5.74) is 3.79. The van der Waals surface area contributed by atoms with Crippen LogP contribution >= 0.6 is 11.8 Å². The first-order valence-electron chi connectivity index (χ1n) is 9.47. The number of aromatic nitrogens is 2. The second-order valence-corrected chi connectivity index (χ2v) is 8.21. The third-order valence-electron chi connectivity index (χ3n) is 4.64. The lowest BCUT2D eigenvalue weighted by atomic mass is 10.1. The van der Waals surface area contributed by atoms with Gasteiger partial charge in [0.25, 0.3) is 0 Å². The molecule has 29 heavy (non-hydrogen) atoms. The summed E-state index contributed by atoms with van der Waals surface area (Å²) >= 11 is 1.42. The molecule has 3 aromatic carbocycles. The molecule has 1 N–H and O–H groups in total. The Hall–Kier alpha value is -3.18. The average molecular weight is 400 g/mol. The Bertz CT molecular complexity index is 1160. The molecule has 0 saturated heterocycles. The summed E-state index contributed by atoms with van der Waals surface area (Å²) in [6.45, 7) is 3.89. The molecule has 1 amide bonds. The Kier molecular flexibility index (Phi) is 5.58. The normalized spacial score (nSPS) is 11.9. The van der Waals surface area contributed by atoms with Gasteiger partial charge < -0.3 is 5.32 Å². The molecule has 0 bridgehead atoms. The molecule has 5 heteroatoms. The van der Waals surface area contributed by atoms with Crippen molar-refractivity contribution in [2.75, 3.05) is 5.32 Å². The van der Waals surface area contributed by atoms with Crippen molar-refractivity contribution in [3.8, 4) is 11.3 Å². The van der Waals surface area contributed by atoms with Crippen LogP contribution in [0.15, 0.2) is 83.9 Å². The highest BCUT2D eigenvalue weighted by Gasteiger charge is 2.19. The summed E-state index contributed by atoms with van der Waals surface area (Å²) in [5.74, 6) is -0.0568.